The Morgan fingerprint density at radius 2 is 2.00 bits per heavy atom. The zero-order valence-electron chi connectivity index (χ0n) is 6.81. The molecule has 2 unspecified atom stereocenters. The average Bonchev–Trinajstić information content (AvgIpc) is 2.06. The zero-order valence-corrected chi connectivity index (χ0v) is 7.71. The van der Waals surface area contributed by atoms with Gasteiger partial charge in [-0.3, -0.25) is 19.5 Å². The van der Waals surface area contributed by atoms with Crippen molar-refractivity contribution in [3.05, 3.63) is 0 Å². The number of amides is 1. The van der Waals surface area contributed by atoms with Crippen LogP contribution in [0.2, 0.25) is 0 Å². The second kappa shape index (κ2) is 2.30. The van der Waals surface area contributed by atoms with Gasteiger partial charge in [0, 0.05) is 7.05 Å². The maximum Gasteiger partial charge on any atom is 0.308 e. The van der Waals surface area contributed by atoms with E-state index in [4.69, 9.17) is 5.50 Å². The summed E-state index contributed by atoms with van der Waals surface area (Å²) in [4.78, 5) is 11.2. The molecule has 1 heterocycles. The molecule has 2 atom stereocenters. The van der Waals surface area contributed by atoms with E-state index in [0.29, 0.717) is 0 Å². The average molecular weight is 177 g/mol. The Labute approximate surface area is 65.7 Å². The van der Waals surface area contributed by atoms with E-state index in [1.807, 2.05) is 0 Å². The third-order valence-electron chi connectivity index (χ3n) is 2.12. The van der Waals surface area contributed by atoms with Gasteiger partial charge in [-0.05, 0) is 14.0 Å². The van der Waals surface area contributed by atoms with Gasteiger partial charge in [-0.2, -0.15) is 0 Å². The lowest BCUT2D eigenvalue weighted by molar-refractivity contribution is -0.126. The molecule has 1 saturated heterocycles. The molecule has 1 rings (SSSR count). The Balaban J connectivity index is 3.06. The van der Waals surface area contributed by atoms with Crippen LogP contribution in [0.25, 0.3) is 0 Å². The van der Waals surface area contributed by atoms with Gasteiger partial charge in [0.05, 0.1) is 6.04 Å². The summed E-state index contributed by atoms with van der Waals surface area (Å²) in [5.74, 6) is -0.182. The van der Waals surface area contributed by atoms with Crippen molar-refractivity contribution in [3.63, 3.8) is 0 Å². The Kier molecular flexibility index (Phi) is 1.82. The van der Waals surface area contributed by atoms with E-state index >= 15 is 0 Å². The van der Waals surface area contributed by atoms with Gasteiger partial charge in [0.2, 0.25) is 5.91 Å². The molecular formula is C5H12N3O2P. The highest BCUT2D eigenvalue weighted by Gasteiger charge is 2.45. The summed E-state index contributed by atoms with van der Waals surface area (Å²) in [6, 6.07) is -0.365. The fraction of sp³-hybridized carbons (Fsp3) is 0.800. The lowest BCUT2D eigenvalue weighted by atomic mass is 10.3. The fourth-order valence-electron chi connectivity index (χ4n) is 1.03. The van der Waals surface area contributed by atoms with Crippen molar-refractivity contribution in [1.82, 2.24) is 9.34 Å². The van der Waals surface area contributed by atoms with Crippen LogP contribution in [0.4, 0.5) is 0 Å². The SMILES string of the molecule is CC1C(=O)N(C)P(N)(=O)N1C. The number of likely N-dealkylation sites (N-methyl/N-ethyl adjacent to an activating group) is 2. The third-order valence-corrected chi connectivity index (χ3v) is 4.43. The Morgan fingerprint density at radius 1 is 1.55 bits per heavy atom. The summed E-state index contributed by atoms with van der Waals surface area (Å²) in [5, 5.41) is 0. The molecule has 1 fully saturated rings. The monoisotopic (exact) mass is 177 g/mol. The summed E-state index contributed by atoms with van der Waals surface area (Å²) in [6.07, 6.45) is 0. The molecule has 5 nitrogen and oxygen atoms in total. The molecule has 6 heteroatoms. The molecule has 0 spiro atoms. The van der Waals surface area contributed by atoms with Crippen LogP contribution in [-0.4, -0.2) is 35.4 Å². The van der Waals surface area contributed by atoms with Crippen LogP contribution in [0.3, 0.4) is 0 Å². The molecule has 64 valence electrons. The fourth-order valence-corrected chi connectivity index (χ4v) is 2.50. The molecular weight excluding hydrogens is 165 g/mol. The summed E-state index contributed by atoms with van der Waals surface area (Å²) in [5.41, 5.74) is 5.43. The zero-order chi connectivity index (χ0) is 8.81. The van der Waals surface area contributed by atoms with E-state index in [0.717, 1.165) is 4.67 Å². The van der Waals surface area contributed by atoms with E-state index in [-0.39, 0.29) is 11.9 Å². The van der Waals surface area contributed by atoms with Crippen LogP contribution in [0.1, 0.15) is 6.92 Å². The lowest BCUT2D eigenvalue weighted by Gasteiger charge is -2.19. The lowest BCUT2D eigenvalue weighted by Crippen LogP contribution is -2.26. The smallest absolute Gasteiger partial charge is 0.273 e. The van der Waals surface area contributed by atoms with Crippen molar-refractivity contribution in [1.29, 1.82) is 0 Å². The van der Waals surface area contributed by atoms with E-state index in [1.54, 1.807) is 14.0 Å². The minimum atomic E-state index is -3.02. The molecule has 0 aliphatic carbocycles. The minimum Gasteiger partial charge on any atom is -0.273 e. The van der Waals surface area contributed by atoms with Crippen LogP contribution >= 0.6 is 7.59 Å². The summed E-state index contributed by atoms with van der Waals surface area (Å²) in [7, 11) is 0.0311. The van der Waals surface area contributed by atoms with Gasteiger partial charge >= 0.3 is 7.59 Å². The first-order chi connectivity index (χ1) is 4.89. The van der Waals surface area contributed by atoms with Crippen LogP contribution in [0, 0.1) is 0 Å². The van der Waals surface area contributed by atoms with Crippen LogP contribution in [0.5, 0.6) is 0 Å². The van der Waals surface area contributed by atoms with Gasteiger partial charge in [0.1, 0.15) is 0 Å². The predicted octanol–water partition coefficient (Wildman–Crippen LogP) is -0.155. The first kappa shape index (κ1) is 8.71. The number of rotatable bonds is 0. The number of carbonyl (C=O) groups excluding carboxylic acids is 1. The van der Waals surface area contributed by atoms with Crippen LogP contribution in [-0.2, 0) is 9.36 Å². The quantitative estimate of drug-likeness (QED) is 0.522. The highest BCUT2D eigenvalue weighted by molar-refractivity contribution is 7.57. The molecule has 1 aliphatic heterocycles. The van der Waals surface area contributed by atoms with Gasteiger partial charge in [0.15, 0.2) is 0 Å². The highest BCUT2D eigenvalue weighted by Crippen LogP contribution is 2.50. The summed E-state index contributed by atoms with van der Waals surface area (Å²) < 4.78 is 14.0. The second-order valence-corrected chi connectivity index (χ2v) is 5.11. The first-order valence-electron chi connectivity index (χ1n) is 3.29. The number of carbonyl (C=O) groups is 1. The molecule has 0 saturated carbocycles. The Hall–Kier alpha value is -0.380. The normalized spacial score (nSPS) is 40.2. The van der Waals surface area contributed by atoms with Gasteiger partial charge < -0.3 is 0 Å². The molecule has 0 aromatic rings. The van der Waals surface area contributed by atoms with E-state index in [1.165, 1.54) is 11.7 Å². The number of nitrogens with two attached hydrogens (primary N) is 1. The van der Waals surface area contributed by atoms with Crippen molar-refractivity contribution in [2.75, 3.05) is 14.1 Å². The summed E-state index contributed by atoms with van der Waals surface area (Å²) in [6.45, 7) is 1.69. The van der Waals surface area contributed by atoms with Crippen molar-refractivity contribution in [2.45, 2.75) is 13.0 Å². The largest absolute Gasteiger partial charge is 0.308 e. The maximum absolute atomic E-state index is 11.5. The molecule has 11 heavy (non-hydrogen) atoms. The van der Waals surface area contributed by atoms with Gasteiger partial charge in [-0.1, -0.05) is 0 Å². The van der Waals surface area contributed by atoms with Crippen molar-refractivity contribution >= 4 is 13.5 Å². The Bertz CT molecular complexity index is 242. The second-order valence-electron chi connectivity index (χ2n) is 2.70. The molecule has 0 bridgehead atoms. The van der Waals surface area contributed by atoms with Gasteiger partial charge in [0.25, 0.3) is 0 Å². The van der Waals surface area contributed by atoms with Crippen molar-refractivity contribution in [3.8, 4) is 0 Å². The topological polar surface area (TPSA) is 66.6 Å². The number of hydrogen-bond donors (Lipinski definition) is 1. The number of nitrogens with zero attached hydrogens (tertiary/aromatic N) is 2. The van der Waals surface area contributed by atoms with Crippen molar-refractivity contribution in [2.24, 2.45) is 5.50 Å². The maximum atomic E-state index is 11.5. The van der Waals surface area contributed by atoms with Crippen LogP contribution < -0.4 is 5.50 Å². The van der Waals surface area contributed by atoms with E-state index in [9.17, 15) is 9.36 Å². The number of hydrogen-bond acceptors (Lipinski definition) is 2. The van der Waals surface area contributed by atoms with E-state index in [2.05, 4.69) is 0 Å². The summed E-state index contributed by atoms with van der Waals surface area (Å²) >= 11 is 0. The predicted molar refractivity (Wildman–Crippen MR) is 41.8 cm³/mol. The molecule has 2 N–H and O–H groups in total. The molecule has 1 aliphatic rings. The van der Waals surface area contributed by atoms with E-state index < -0.39 is 7.59 Å². The van der Waals surface area contributed by atoms with Crippen LogP contribution in [0.15, 0.2) is 0 Å². The standard InChI is InChI=1S/C5H12N3O2P/c1-4-5(9)8(3)11(6,10)7(4)2/h4H,1-3H3,(H2,6,10). The molecule has 0 aromatic carbocycles. The van der Waals surface area contributed by atoms with Gasteiger partial charge in [-0.25, -0.2) is 4.67 Å². The molecule has 1 amide bonds. The minimum absolute atomic E-state index is 0.182. The van der Waals surface area contributed by atoms with Crippen molar-refractivity contribution < 1.29 is 9.36 Å². The van der Waals surface area contributed by atoms with Gasteiger partial charge in [-0.15, -0.1) is 0 Å². The highest BCUT2D eigenvalue weighted by atomic mass is 31.2. The first-order valence-corrected chi connectivity index (χ1v) is 4.97. The third kappa shape index (κ3) is 1.00. The Morgan fingerprint density at radius 3 is 2.09 bits per heavy atom. The molecule has 0 aromatic heterocycles. The molecule has 0 radical (unpaired) electrons.